The van der Waals surface area contributed by atoms with Gasteiger partial charge in [-0.15, -0.1) is 0 Å². The predicted octanol–water partition coefficient (Wildman–Crippen LogP) is 4.14. The van der Waals surface area contributed by atoms with Crippen molar-refractivity contribution < 1.29 is 5.11 Å². The van der Waals surface area contributed by atoms with E-state index in [9.17, 15) is 5.11 Å². The highest BCUT2D eigenvalue weighted by Crippen LogP contribution is 2.12. The molecular weight excluding hydrogens is 172 g/mol. The summed E-state index contributed by atoms with van der Waals surface area (Å²) < 4.78 is 0. The monoisotopic (exact) mass is 200 g/mol. The van der Waals surface area contributed by atoms with Gasteiger partial charge in [-0.05, 0) is 18.8 Å². The van der Waals surface area contributed by atoms with Crippen LogP contribution >= 0.6 is 0 Å². The first-order valence-corrected chi connectivity index (χ1v) is 6.34. The van der Waals surface area contributed by atoms with Gasteiger partial charge in [-0.1, -0.05) is 59.3 Å². The van der Waals surface area contributed by atoms with E-state index in [0.717, 1.165) is 18.8 Å². The van der Waals surface area contributed by atoms with Crippen molar-refractivity contribution in [1.29, 1.82) is 0 Å². The number of unbranched alkanes of at least 4 members (excludes halogenated alkanes) is 3. The van der Waals surface area contributed by atoms with Gasteiger partial charge in [-0.25, -0.2) is 0 Å². The Morgan fingerprint density at radius 1 is 0.857 bits per heavy atom. The molecule has 0 aliphatic carbocycles. The van der Waals surface area contributed by atoms with Gasteiger partial charge < -0.3 is 5.11 Å². The van der Waals surface area contributed by atoms with Crippen LogP contribution in [0, 0.1) is 5.92 Å². The Morgan fingerprint density at radius 2 is 1.43 bits per heavy atom. The molecular formula is C13H28O. The van der Waals surface area contributed by atoms with Crippen LogP contribution in [0.1, 0.15) is 72.1 Å². The van der Waals surface area contributed by atoms with E-state index >= 15 is 0 Å². The van der Waals surface area contributed by atoms with Crippen molar-refractivity contribution >= 4 is 0 Å². The molecule has 0 unspecified atom stereocenters. The smallest absolute Gasteiger partial charge is 0.0540 e. The summed E-state index contributed by atoms with van der Waals surface area (Å²) in [6.45, 7) is 6.72. The van der Waals surface area contributed by atoms with Crippen LogP contribution in [0.4, 0.5) is 0 Å². The van der Waals surface area contributed by atoms with Crippen molar-refractivity contribution in [2.45, 2.75) is 78.2 Å². The molecule has 1 N–H and O–H groups in total. The zero-order valence-electron chi connectivity index (χ0n) is 10.3. The molecule has 0 amide bonds. The van der Waals surface area contributed by atoms with Crippen LogP contribution in [0.25, 0.3) is 0 Å². The third-order valence-corrected chi connectivity index (χ3v) is 2.71. The SMILES string of the molecule is CCCC[C@@H](O)CCCCCC(C)C. The lowest BCUT2D eigenvalue weighted by molar-refractivity contribution is 0.148. The van der Waals surface area contributed by atoms with E-state index in [1.54, 1.807) is 0 Å². The number of hydrogen-bond donors (Lipinski definition) is 1. The van der Waals surface area contributed by atoms with Crippen molar-refractivity contribution in [2.24, 2.45) is 5.92 Å². The van der Waals surface area contributed by atoms with Gasteiger partial charge in [0, 0.05) is 0 Å². The fourth-order valence-electron chi connectivity index (χ4n) is 1.69. The van der Waals surface area contributed by atoms with Gasteiger partial charge in [-0.2, -0.15) is 0 Å². The topological polar surface area (TPSA) is 20.2 Å². The van der Waals surface area contributed by atoms with Crippen LogP contribution < -0.4 is 0 Å². The Labute approximate surface area is 89.9 Å². The molecule has 0 heterocycles. The Kier molecular flexibility index (Phi) is 9.49. The predicted molar refractivity (Wildman–Crippen MR) is 63.5 cm³/mol. The van der Waals surface area contributed by atoms with Crippen molar-refractivity contribution in [3.8, 4) is 0 Å². The maximum atomic E-state index is 9.59. The summed E-state index contributed by atoms with van der Waals surface area (Å²) in [4.78, 5) is 0. The summed E-state index contributed by atoms with van der Waals surface area (Å²) in [6, 6.07) is 0. The van der Waals surface area contributed by atoms with Gasteiger partial charge in [0.2, 0.25) is 0 Å². The maximum Gasteiger partial charge on any atom is 0.0540 e. The minimum atomic E-state index is -0.0333. The summed E-state index contributed by atoms with van der Waals surface area (Å²) in [5, 5.41) is 9.59. The molecule has 1 heteroatoms. The molecule has 0 aromatic carbocycles. The molecule has 0 radical (unpaired) electrons. The van der Waals surface area contributed by atoms with Crippen molar-refractivity contribution in [3.05, 3.63) is 0 Å². The van der Waals surface area contributed by atoms with Crippen LogP contribution in [-0.4, -0.2) is 11.2 Å². The standard InChI is InChI=1S/C13H28O/c1-4-5-10-13(14)11-8-6-7-9-12(2)3/h12-14H,4-11H2,1-3H3/t13-/m1/s1. The second kappa shape index (κ2) is 9.51. The average molecular weight is 200 g/mol. The lowest BCUT2D eigenvalue weighted by Crippen LogP contribution is -2.05. The van der Waals surface area contributed by atoms with Crippen LogP contribution in [0.3, 0.4) is 0 Å². The first kappa shape index (κ1) is 14.0. The third kappa shape index (κ3) is 10.0. The van der Waals surface area contributed by atoms with Crippen molar-refractivity contribution in [2.75, 3.05) is 0 Å². The summed E-state index contributed by atoms with van der Waals surface area (Å²) in [7, 11) is 0. The van der Waals surface area contributed by atoms with E-state index in [2.05, 4.69) is 20.8 Å². The highest BCUT2D eigenvalue weighted by atomic mass is 16.3. The first-order valence-electron chi connectivity index (χ1n) is 6.34. The number of rotatable bonds is 9. The van der Waals surface area contributed by atoms with E-state index in [4.69, 9.17) is 0 Å². The highest BCUT2D eigenvalue weighted by molar-refractivity contribution is 4.56. The van der Waals surface area contributed by atoms with Crippen LogP contribution in [0.2, 0.25) is 0 Å². The fourth-order valence-corrected chi connectivity index (χ4v) is 1.69. The molecule has 1 nitrogen and oxygen atoms in total. The van der Waals surface area contributed by atoms with Crippen LogP contribution in [-0.2, 0) is 0 Å². The fraction of sp³-hybridized carbons (Fsp3) is 1.00. The van der Waals surface area contributed by atoms with E-state index in [1.165, 1.54) is 38.5 Å². The van der Waals surface area contributed by atoms with Gasteiger partial charge in [0.1, 0.15) is 0 Å². The van der Waals surface area contributed by atoms with Gasteiger partial charge >= 0.3 is 0 Å². The van der Waals surface area contributed by atoms with E-state index in [1.807, 2.05) is 0 Å². The van der Waals surface area contributed by atoms with Gasteiger partial charge in [0.15, 0.2) is 0 Å². The molecule has 0 saturated carbocycles. The summed E-state index contributed by atoms with van der Waals surface area (Å²) in [5.41, 5.74) is 0. The van der Waals surface area contributed by atoms with Gasteiger partial charge in [0.05, 0.1) is 6.10 Å². The first-order chi connectivity index (χ1) is 6.66. The maximum absolute atomic E-state index is 9.59. The minimum Gasteiger partial charge on any atom is -0.393 e. The summed E-state index contributed by atoms with van der Waals surface area (Å²) >= 11 is 0. The highest BCUT2D eigenvalue weighted by Gasteiger charge is 2.02. The van der Waals surface area contributed by atoms with Gasteiger partial charge in [-0.3, -0.25) is 0 Å². The number of aliphatic hydroxyl groups excluding tert-OH is 1. The second-order valence-corrected chi connectivity index (χ2v) is 4.83. The Morgan fingerprint density at radius 3 is 2.00 bits per heavy atom. The molecule has 14 heavy (non-hydrogen) atoms. The minimum absolute atomic E-state index is 0.0333. The van der Waals surface area contributed by atoms with E-state index in [-0.39, 0.29) is 6.10 Å². The largest absolute Gasteiger partial charge is 0.393 e. The molecule has 0 bridgehead atoms. The third-order valence-electron chi connectivity index (χ3n) is 2.71. The molecule has 0 fully saturated rings. The molecule has 0 aromatic heterocycles. The lowest BCUT2D eigenvalue weighted by atomic mass is 10.0. The quantitative estimate of drug-likeness (QED) is 0.554. The zero-order valence-corrected chi connectivity index (χ0v) is 10.3. The molecule has 0 spiro atoms. The molecule has 1 atom stereocenters. The number of hydrogen-bond acceptors (Lipinski definition) is 1. The van der Waals surface area contributed by atoms with Crippen LogP contribution in [0.15, 0.2) is 0 Å². The molecule has 0 aliphatic heterocycles. The van der Waals surface area contributed by atoms with Crippen molar-refractivity contribution in [3.63, 3.8) is 0 Å². The van der Waals surface area contributed by atoms with Gasteiger partial charge in [0.25, 0.3) is 0 Å². The molecule has 86 valence electrons. The Bertz CT molecular complexity index is 110. The summed E-state index contributed by atoms with van der Waals surface area (Å²) in [6.07, 6.45) is 9.52. The second-order valence-electron chi connectivity index (χ2n) is 4.83. The molecule has 0 rings (SSSR count). The zero-order chi connectivity index (χ0) is 10.8. The lowest BCUT2D eigenvalue weighted by Gasteiger charge is -2.09. The normalized spacial score (nSPS) is 13.5. The van der Waals surface area contributed by atoms with E-state index < -0.39 is 0 Å². The Hall–Kier alpha value is -0.0400. The Balaban J connectivity index is 3.10. The van der Waals surface area contributed by atoms with Crippen LogP contribution in [0.5, 0.6) is 0 Å². The average Bonchev–Trinajstić information content (AvgIpc) is 2.13. The van der Waals surface area contributed by atoms with Crippen molar-refractivity contribution in [1.82, 2.24) is 0 Å². The molecule has 0 saturated heterocycles. The van der Waals surface area contributed by atoms with E-state index in [0.29, 0.717) is 0 Å². The molecule has 0 aromatic rings. The number of aliphatic hydroxyl groups is 1. The summed E-state index contributed by atoms with van der Waals surface area (Å²) in [5.74, 6) is 0.833. The molecule has 0 aliphatic rings.